The molecule has 0 saturated heterocycles. The number of phenolic OH excluding ortho intramolecular Hbond substituents is 1. The summed E-state index contributed by atoms with van der Waals surface area (Å²) < 4.78 is 0. The Kier molecular flexibility index (Phi) is 8.91. The van der Waals surface area contributed by atoms with Crippen molar-refractivity contribution in [1.29, 1.82) is 5.53 Å². The topological polar surface area (TPSA) is 132 Å². The molecule has 0 heterocycles. The summed E-state index contributed by atoms with van der Waals surface area (Å²) in [4.78, 5) is 32.0. The standard InChI is InChI=1S/C29H31N5O3S/c1-38-25-9-5-8-24(35)26(25)28(37)34(23-16-14-21(15-17-23)20-6-3-2-4-7-20)18-19-10-12-22(13-11-19)27(36)32-29(30)33-31/h5,8-17,20,31,35H,2-4,6-7,18H2,1H3,(H2,30,32,36). The van der Waals surface area contributed by atoms with Gasteiger partial charge in [-0.1, -0.05) is 49.6 Å². The van der Waals surface area contributed by atoms with Crippen molar-refractivity contribution in [2.45, 2.75) is 49.5 Å². The Balaban J connectivity index is 1.66. The number of anilines is 1. The van der Waals surface area contributed by atoms with Crippen LogP contribution in [0.4, 0.5) is 5.69 Å². The van der Waals surface area contributed by atoms with Crippen LogP contribution in [0.2, 0.25) is 0 Å². The van der Waals surface area contributed by atoms with Crippen molar-refractivity contribution in [3.8, 4) is 5.75 Å². The Labute approximate surface area is 226 Å². The summed E-state index contributed by atoms with van der Waals surface area (Å²) in [6, 6.07) is 19.9. The van der Waals surface area contributed by atoms with E-state index in [1.165, 1.54) is 55.5 Å². The molecule has 9 heteroatoms. The van der Waals surface area contributed by atoms with Gasteiger partial charge in [0.2, 0.25) is 5.96 Å². The minimum Gasteiger partial charge on any atom is -0.507 e. The number of rotatable bonds is 7. The SMILES string of the molecule is CSc1cccc(O)c1C(=O)N(Cc1ccc(C(=O)N=C(N)N=N)cc1)c1ccc(C2CCCCC2)cc1. The number of hydrogen-bond donors (Lipinski definition) is 3. The molecule has 2 amide bonds. The first-order chi connectivity index (χ1) is 18.4. The minimum absolute atomic E-state index is 0.0677. The molecule has 4 rings (SSSR count). The molecular formula is C29H31N5O3S. The summed E-state index contributed by atoms with van der Waals surface area (Å²) in [5.74, 6) is -0.850. The first-order valence-electron chi connectivity index (χ1n) is 12.5. The number of carbonyl (C=O) groups excluding carboxylic acids is 2. The molecule has 0 spiro atoms. The number of nitrogens with one attached hydrogen (secondary N) is 1. The van der Waals surface area contributed by atoms with Gasteiger partial charge in [0.25, 0.3) is 11.8 Å². The summed E-state index contributed by atoms with van der Waals surface area (Å²) in [6.07, 6.45) is 8.03. The number of aliphatic imine (C=N–C) groups is 1. The molecule has 8 nitrogen and oxygen atoms in total. The lowest BCUT2D eigenvalue weighted by atomic mass is 9.84. The molecule has 1 saturated carbocycles. The Morgan fingerprint density at radius 3 is 2.34 bits per heavy atom. The largest absolute Gasteiger partial charge is 0.507 e. The van der Waals surface area contributed by atoms with Crippen molar-refractivity contribution in [3.63, 3.8) is 0 Å². The van der Waals surface area contributed by atoms with Gasteiger partial charge in [-0.2, -0.15) is 4.99 Å². The first kappa shape index (κ1) is 27.1. The Hall–Kier alpha value is -3.98. The second-order valence-electron chi connectivity index (χ2n) is 9.26. The lowest BCUT2D eigenvalue weighted by Crippen LogP contribution is -2.31. The third kappa shape index (κ3) is 6.28. The predicted molar refractivity (Wildman–Crippen MR) is 150 cm³/mol. The molecule has 3 aromatic carbocycles. The molecular weight excluding hydrogens is 498 g/mol. The van der Waals surface area contributed by atoms with E-state index >= 15 is 0 Å². The van der Waals surface area contributed by atoms with E-state index in [4.69, 9.17) is 11.3 Å². The van der Waals surface area contributed by atoms with E-state index in [1.807, 2.05) is 24.5 Å². The summed E-state index contributed by atoms with van der Waals surface area (Å²) in [5.41, 5.74) is 15.6. The van der Waals surface area contributed by atoms with Crippen molar-refractivity contribution >= 4 is 35.2 Å². The molecule has 0 radical (unpaired) electrons. The van der Waals surface area contributed by atoms with Crippen molar-refractivity contribution < 1.29 is 14.7 Å². The molecule has 0 bridgehead atoms. The van der Waals surface area contributed by atoms with Crippen LogP contribution in [0, 0.1) is 5.53 Å². The number of amides is 2. The number of aromatic hydroxyl groups is 1. The molecule has 0 unspecified atom stereocenters. The lowest BCUT2D eigenvalue weighted by molar-refractivity contribution is 0.0976. The molecule has 1 aliphatic carbocycles. The number of guanidine groups is 1. The van der Waals surface area contributed by atoms with Gasteiger partial charge in [-0.05, 0) is 72.5 Å². The van der Waals surface area contributed by atoms with Crippen LogP contribution in [0.1, 0.15) is 69.9 Å². The van der Waals surface area contributed by atoms with Crippen molar-refractivity contribution in [2.24, 2.45) is 15.8 Å². The van der Waals surface area contributed by atoms with Gasteiger partial charge in [0, 0.05) is 16.1 Å². The fourth-order valence-electron chi connectivity index (χ4n) is 4.81. The average Bonchev–Trinajstić information content (AvgIpc) is 2.96. The second-order valence-corrected chi connectivity index (χ2v) is 10.1. The van der Waals surface area contributed by atoms with E-state index in [1.54, 1.807) is 35.2 Å². The smallest absolute Gasteiger partial charge is 0.280 e. The molecule has 0 aliphatic heterocycles. The maximum Gasteiger partial charge on any atom is 0.280 e. The number of phenols is 1. The number of nitrogens with zero attached hydrogens (tertiary/aromatic N) is 3. The number of thioether (sulfide) groups is 1. The fraction of sp³-hybridized carbons (Fsp3) is 0.276. The summed E-state index contributed by atoms with van der Waals surface area (Å²) >= 11 is 1.40. The van der Waals surface area contributed by atoms with Gasteiger partial charge in [0.15, 0.2) is 0 Å². The Bertz CT molecular complexity index is 1330. The Morgan fingerprint density at radius 2 is 1.71 bits per heavy atom. The highest BCUT2D eigenvalue weighted by Crippen LogP contribution is 2.35. The predicted octanol–water partition coefficient (Wildman–Crippen LogP) is 6.49. The van der Waals surface area contributed by atoms with E-state index in [0.717, 1.165) is 11.3 Å². The zero-order chi connectivity index (χ0) is 27.1. The maximum absolute atomic E-state index is 13.9. The van der Waals surface area contributed by atoms with Crippen LogP contribution < -0.4 is 10.6 Å². The van der Waals surface area contributed by atoms with Gasteiger partial charge < -0.3 is 15.7 Å². The summed E-state index contributed by atoms with van der Waals surface area (Å²) in [6.45, 7) is 0.228. The zero-order valence-electron chi connectivity index (χ0n) is 21.3. The van der Waals surface area contributed by atoms with Crippen LogP contribution in [0.25, 0.3) is 0 Å². The van der Waals surface area contributed by atoms with Crippen molar-refractivity contribution in [2.75, 3.05) is 11.2 Å². The highest BCUT2D eigenvalue weighted by atomic mass is 32.2. The molecule has 38 heavy (non-hydrogen) atoms. The quantitative estimate of drug-likeness (QED) is 0.139. The van der Waals surface area contributed by atoms with Crippen LogP contribution in [0.15, 0.2) is 81.7 Å². The van der Waals surface area contributed by atoms with Gasteiger partial charge in [0.1, 0.15) is 5.75 Å². The molecule has 3 aromatic rings. The van der Waals surface area contributed by atoms with Crippen LogP contribution in [-0.2, 0) is 6.54 Å². The highest BCUT2D eigenvalue weighted by molar-refractivity contribution is 7.98. The van der Waals surface area contributed by atoms with Crippen LogP contribution in [0.5, 0.6) is 5.75 Å². The van der Waals surface area contributed by atoms with E-state index < -0.39 is 11.9 Å². The minimum atomic E-state index is -0.602. The molecule has 1 aliphatic rings. The van der Waals surface area contributed by atoms with Crippen LogP contribution in [0.3, 0.4) is 0 Å². The third-order valence-corrected chi connectivity index (χ3v) is 7.62. The van der Waals surface area contributed by atoms with E-state index in [-0.39, 0.29) is 23.8 Å². The summed E-state index contributed by atoms with van der Waals surface area (Å²) in [7, 11) is 0. The third-order valence-electron chi connectivity index (χ3n) is 6.84. The van der Waals surface area contributed by atoms with Gasteiger partial charge in [-0.15, -0.1) is 16.9 Å². The fourth-order valence-corrected chi connectivity index (χ4v) is 5.42. The van der Waals surface area contributed by atoms with Crippen molar-refractivity contribution in [3.05, 3.63) is 89.0 Å². The monoisotopic (exact) mass is 529 g/mol. The number of nitrogens with two attached hydrogens (primary N) is 1. The second kappa shape index (κ2) is 12.5. The van der Waals surface area contributed by atoms with Crippen molar-refractivity contribution in [1.82, 2.24) is 0 Å². The summed E-state index contributed by atoms with van der Waals surface area (Å²) in [5, 5.41) is 13.6. The highest BCUT2D eigenvalue weighted by Gasteiger charge is 2.25. The number of carbonyl (C=O) groups is 2. The van der Waals surface area contributed by atoms with Gasteiger partial charge in [0.05, 0.1) is 12.1 Å². The van der Waals surface area contributed by atoms with E-state index in [2.05, 4.69) is 22.2 Å². The van der Waals surface area contributed by atoms with Gasteiger partial charge in [-0.25, -0.2) is 5.53 Å². The molecule has 0 aromatic heterocycles. The van der Waals surface area contributed by atoms with Crippen LogP contribution in [-0.4, -0.2) is 29.1 Å². The van der Waals surface area contributed by atoms with Gasteiger partial charge >= 0.3 is 0 Å². The Morgan fingerprint density at radius 1 is 1.03 bits per heavy atom. The normalized spacial score (nSPS) is 14.2. The molecule has 1 fully saturated rings. The molecule has 0 atom stereocenters. The van der Waals surface area contributed by atoms with Gasteiger partial charge in [-0.3, -0.25) is 9.59 Å². The number of hydrogen-bond acceptors (Lipinski definition) is 5. The molecule has 4 N–H and O–H groups in total. The molecule has 196 valence electrons. The lowest BCUT2D eigenvalue weighted by Gasteiger charge is -2.26. The first-order valence-corrected chi connectivity index (χ1v) is 13.8. The van der Waals surface area contributed by atoms with E-state index in [9.17, 15) is 14.7 Å². The van der Waals surface area contributed by atoms with E-state index in [0.29, 0.717) is 16.4 Å². The maximum atomic E-state index is 13.9. The van der Waals surface area contributed by atoms with Crippen LogP contribution >= 0.6 is 11.8 Å². The number of benzene rings is 3. The zero-order valence-corrected chi connectivity index (χ0v) is 22.1. The average molecular weight is 530 g/mol.